The zero-order chi connectivity index (χ0) is 29.4. The number of carbonyl (C=O) groups excluding carboxylic acids is 3. The highest BCUT2D eigenvalue weighted by Crippen LogP contribution is 2.29. The van der Waals surface area contributed by atoms with Crippen molar-refractivity contribution in [2.45, 2.75) is 27.4 Å². The normalized spacial score (nSPS) is 14.5. The molecule has 208 valence electrons. The molecule has 5 rings (SSSR count). The van der Waals surface area contributed by atoms with E-state index in [1.807, 2.05) is 61.7 Å². The van der Waals surface area contributed by atoms with Crippen LogP contribution in [0.2, 0.25) is 10.0 Å². The first-order chi connectivity index (χ1) is 19.5. The van der Waals surface area contributed by atoms with E-state index in [9.17, 15) is 14.4 Å². The predicted octanol–water partition coefficient (Wildman–Crippen LogP) is 7.72. The number of nitrogens with zero attached hydrogens (tertiary/aromatic N) is 2. The largest absolute Gasteiger partial charge is 0.489 e. The molecule has 1 N–H and O–H groups in total. The lowest BCUT2D eigenvalue weighted by atomic mass is 10.1. The van der Waals surface area contributed by atoms with Crippen LogP contribution in [0.1, 0.15) is 28.1 Å². The molecule has 2 heterocycles. The minimum Gasteiger partial charge on any atom is -0.489 e. The van der Waals surface area contributed by atoms with Crippen molar-refractivity contribution in [2.75, 3.05) is 4.90 Å². The van der Waals surface area contributed by atoms with Crippen molar-refractivity contribution in [1.29, 1.82) is 0 Å². The van der Waals surface area contributed by atoms with Crippen LogP contribution in [0, 0.1) is 20.8 Å². The second-order valence-corrected chi connectivity index (χ2v) is 11.3. The first-order valence-corrected chi connectivity index (χ1v) is 14.1. The van der Waals surface area contributed by atoms with Crippen LogP contribution in [-0.4, -0.2) is 22.4 Å². The number of ether oxygens (including phenoxy) is 1. The summed E-state index contributed by atoms with van der Waals surface area (Å²) < 4.78 is 8.76. The van der Waals surface area contributed by atoms with Crippen LogP contribution in [0.4, 0.5) is 10.5 Å². The van der Waals surface area contributed by atoms with Crippen molar-refractivity contribution in [3.8, 4) is 11.4 Å². The molecule has 1 saturated heterocycles. The Kier molecular flexibility index (Phi) is 8.09. The van der Waals surface area contributed by atoms with Gasteiger partial charge in [0.05, 0.1) is 5.69 Å². The van der Waals surface area contributed by atoms with Crippen molar-refractivity contribution in [2.24, 2.45) is 0 Å². The van der Waals surface area contributed by atoms with Gasteiger partial charge in [-0.05, 0) is 98.6 Å². The minimum absolute atomic E-state index is 0.130. The summed E-state index contributed by atoms with van der Waals surface area (Å²) >= 11 is 15.6. The van der Waals surface area contributed by atoms with Crippen molar-refractivity contribution in [1.82, 2.24) is 9.88 Å². The van der Waals surface area contributed by atoms with E-state index < -0.39 is 17.8 Å². The summed E-state index contributed by atoms with van der Waals surface area (Å²) in [5, 5.41) is 3.39. The zero-order valence-corrected chi connectivity index (χ0v) is 25.4. The third kappa shape index (κ3) is 5.81. The van der Waals surface area contributed by atoms with Crippen LogP contribution in [0.3, 0.4) is 0 Å². The molecule has 10 heteroatoms. The number of hydrogen-bond acceptors (Lipinski definition) is 4. The maximum absolute atomic E-state index is 13.4. The van der Waals surface area contributed by atoms with E-state index in [0.717, 1.165) is 37.6 Å². The second-order valence-electron chi connectivity index (χ2n) is 9.57. The number of amides is 4. The number of carbonyl (C=O) groups is 3. The van der Waals surface area contributed by atoms with Gasteiger partial charge in [0.15, 0.2) is 0 Å². The lowest BCUT2D eigenvalue weighted by molar-refractivity contribution is -0.122. The van der Waals surface area contributed by atoms with Gasteiger partial charge >= 0.3 is 6.03 Å². The summed E-state index contributed by atoms with van der Waals surface area (Å²) in [6, 6.07) is 19.0. The number of nitrogens with one attached hydrogen (secondary N) is 1. The van der Waals surface area contributed by atoms with E-state index in [-0.39, 0.29) is 5.57 Å². The highest BCUT2D eigenvalue weighted by molar-refractivity contribution is 9.10. The van der Waals surface area contributed by atoms with Crippen LogP contribution in [0.5, 0.6) is 5.75 Å². The van der Waals surface area contributed by atoms with Gasteiger partial charge in [0, 0.05) is 37.2 Å². The number of anilines is 1. The lowest BCUT2D eigenvalue weighted by Crippen LogP contribution is -2.54. The SMILES string of the molecule is Cc1cc(N2C(=O)NC(=O)/C(=C\c3cc(C)n(-c4ccc(OCc5ccc(Cl)cc5Cl)cc4)c3C)C2=O)ccc1Br. The number of urea groups is 1. The smallest absolute Gasteiger partial charge is 0.335 e. The predicted molar refractivity (Wildman–Crippen MR) is 164 cm³/mol. The number of benzene rings is 3. The fraction of sp³-hybridized carbons (Fsp3) is 0.129. The highest BCUT2D eigenvalue weighted by Gasteiger charge is 2.37. The lowest BCUT2D eigenvalue weighted by Gasteiger charge is -2.26. The average molecular weight is 653 g/mol. The second kappa shape index (κ2) is 11.6. The average Bonchev–Trinajstić information content (AvgIpc) is 3.20. The zero-order valence-electron chi connectivity index (χ0n) is 22.3. The van der Waals surface area contributed by atoms with E-state index in [1.54, 1.807) is 30.3 Å². The Labute approximate surface area is 255 Å². The minimum atomic E-state index is -0.787. The molecule has 1 aliphatic rings. The van der Waals surface area contributed by atoms with Gasteiger partial charge in [0.25, 0.3) is 11.8 Å². The summed E-state index contributed by atoms with van der Waals surface area (Å²) in [6.45, 7) is 5.98. The molecule has 0 radical (unpaired) electrons. The van der Waals surface area contributed by atoms with E-state index in [4.69, 9.17) is 27.9 Å². The molecule has 4 aromatic rings. The molecule has 0 bridgehead atoms. The van der Waals surface area contributed by atoms with Gasteiger partial charge in [-0.3, -0.25) is 14.9 Å². The first-order valence-electron chi connectivity index (χ1n) is 12.6. The molecule has 0 atom stereocenters. The Morgan fingerprint density at radius 3 is 2.29 bits per heavy atom. The Morgan fingerprint density at radius 2 is 1.61 bits per heavy atom. The van der Waals surface area contributed by atoms with Crippen LogP contribution in [-0.2, 0) is 16.2 Å². The summed E-state index contributed by atoms with van der Waals surface area (Å²) in [7, 11) is 0. The number of aromatic nitrogens is 1. The molecule has 3 aromatic carbocycles. The van der Waals surface area contributed by atoms with Crippen LogP contribution in [0.25, 0.3) is 11.8 Å². The number of halogens is 3. The number of aryl methyl sites for hydroxylation is 2. The van der Waals surface area contributed by atoms with Gasteiger partial charge in [-0.1, -0.05) is 45.2 Å². The maximum Gasteiger partial charge on any atom is 0.335 e. The van der Waals surface area contributed by atoms with Crippen LogP contribution >= 0.6 is 39.1 Å². The Bertz CT molecular complexity index is 1750. The number of rotatable bonds is 6. The Morgan fingerprint density at radius 1 is 0.902 bits per heavy atom. The first kappa shape index (κ1) is 28.7. The van der Waals surface area contributed by atoms with Crippen LogP contribution in [0.15, 0.2) is 76.8 Å². The van der Waals surface area contributed by atoms with Gasteiger partial charge in [-0.25, -0.2) is 9.69 Å². The van der Waals surface area contributed by atoms with E-state index in [0.29, 0.717) is 33.7 Å². The van der Waals surface area contributed by atoms with Crippen molar-refractivity contribution < 1.29 is 19.1 Å². The number of imide groups is 2. The molecule has 1 aliphatic heterocycles. The quantitative estimate of drug-likeness (QED) is 0.171. The molecule has 1 aromatic heterocycles. The maximum atomic E-state index is 13.4. The molecule has 4 amide bonds. The Balaban J connectivity index is 1.39. The standard InChI is InChI=1S/C31H24BrCl2N3O4/c1-17-12-24(8-11-27(17)32)37-30(39)26(29(38)35-31(37)40)14-21-13-18(2)36(19(21)3)23-6-9-25(10-7-23)41-16-20-4-5-22(33)15-28(20)34/h4-15H,16H2,1-3H3,(H,35,38,40)/b26-14+. The van der Waals surface area contributed by atoms with Gasteiger partial charge in [-0.15, -0.1) is 0 Å². The topological polar surface area (TPSA) is 80.6 Å². The number of barbiturate groups is 1. The van der Waals surface area contributed by atoms with Gasteiger partial charge in [0.1, 0.15) is 17.9 Å². The van der Waals surface area contributed by atoms with E-state index >= 15 is 0 Å². The molecule has 0 saturated carbocycles. The molecular formula is C31H24BrCl2N3O4. The molecular weight excluding hydrogens is 629 g/mol. The summed E-state index contributed by atoms with van der Waals surface area (Å²) in [4.78, 5) is 39.7. The van der Waals surface area contributed by atoms with Gasteiger partial charge in [-0.2, -0.15) is 0 Å². The fourth-order valence-electron chi connectivity index (χ4n) is 4.64. The third-order valence-corrected chi connectivity index (χ3v) is 8.25. The Hall–Kier alpha value is -3.85. The molecule has 0 spiro atoms. The monoisotopic (exact) mass is 651 g/mol. The summed E-state index contributed by atoms with van der Waals surface area (Å²) in [6.07, 6.45) is 1.52. The fourth-order valence-corrected chi connectivity index (χ4v) is 5.35. The summed E-state index contributed by atoms with van der Waals surface area (Å²) in [5.74, 6) is -0.758. The molecule has 7 nitrogen and oxygen atoms in total. The van der Waals surface area contributed by atoms with Gasteiger partial charge in [0.2, 0.25) is 0 Å². The highest BCUT2D eigenvalue weighted by atomic mass is 79.9. The van der Waals surface area contributed by atoms with Crippen molar-refractivity contribution >= 4 is 68.7 Å². The molecule has 41 heavy (non-hydrogen) atoms. The number of hydrogen-bond donors (Lipinski definition) is 1. The molecule has 0 unspecified atom stereocenters. The molecule has 1 fully saturated rings. The van der Waals surface area contributed by atoms with E-state index in [1.165, 1.54) is 6.08 Å². The molecule has 0 aliphatic carbocycles. The third-order valence-electron chi connectivity index (χ3n) is 6.78. The van der Waals surface area contributed by atoms with E-state index in [2.05, 4.69) is 21.2 Å². The van der Waals surface area contributed by atoms with Crippen LogP contribution < -0.4 is 15.0 Å². The summed E-state index contributed by atoms with van der Waals surface area (Å²) in [5.41, 5.74) is 5.19. The van der Waals surface area contributed by atoms with Gasteiger partial charge < -0.3 is 9.30 Å². The van der Waals surface area contributed by atoms with Crippen molar-refractivity contribution in [3.63, 3.8) is 0 Å². The van der Waals surface area contributed by atoms with Crippen molar-refractivity contribution in [3.05, 3.63) is 115 Å².